The van der Waals surface area contributed by atoms with Gasteiger partial charge in [0.2, 0.25) is 0 Å². The van der Waals surface area contributed by atoms with E-state index in [1.807, 2.05) is 32.0 Å². The molecule has 24 heavy (non-hydrogen) atoms. The van der Waals surface area contributed by atoms with Crippen LogP contribution in [0.3, 0.4) is 0 Å². The molecule has 2 aromatic rings. The number of fused-ring (bicyclic) bond motifs is 1. The Morgan fingerprint density at radius 3 is 2.08 bits per heavy atom. The van der Waals surface area contributed by atoms with Crippen LogP contribution < -0.4 is 16.8 Å². The Morgan fingerprint density at radius 1 is 0.958 bits per heavy atom. The number of nitrogen functional groups attached to an aromatic ring is 1. The summed E-state index contributed by atoms with van der Waals surface area (Å²) in [5, 5.41) is 0.136. The summed E-state index contributed by atoms with van der Waals surface area (Å²) >= 11 is 0. The van der Waals surface area contributed by atoms with Crippen LogP contribution in [-0.2, 0) is 10.8 Å². The highest BCUT2D eigenvalue weighted by Gasteiger charge is 2.45. The molecule has 4 heteroatoms. The molecule has 0 saturated carbocycles. The molecule has 3 rings (SSSR count). The van der Waals surface area contributed by atoms with Crippen LogP contribution in [0, 0.1) is 0 Å². The zero-order valence-electron chi connectivity index (χ0n) is 15.2. The first kappa shape index (κ1) is 18.3. The summed E-state index contributed by atoms with van der Waals surface area (Å²) in [7, 11) is 0. The van der Waals surface area contributed by atoms with Crippen molar-refractivity contribution in [2.45, 2.75) is 51.9 Å². The Hall–Kier alpha value is -2.07. The van der Waals surface area contributed by atoms with Gasteiger partial charge in [-0.1, -0.05) is 57.3 Å². The van der Waals surface area contributed by atoms with Gasteiger partial charge in [0.1, 0.15) is 0 Å². The summed E-state index contributed by atoms with van der Waals surface area (Å²) in [6.07, 6.45) is 0.986. The van der Waals surface area contributed by atoms with Gasteiger partial charge in [-0.3, -0.25) is 0 Å². The van der Waals surface area contributed by atoms with E-state index in [9.17, 15) is 4.48 Å². The Morgan fingerprint density at radius 2 is 1.54 bits per heavy atom. The molecule has 0 radical (unpaired) electrons. The lowest BCUT2D eigenvalue weighted by Gasteiger charge is -2.28. The topological polar surface area (TPSA) is 55.3 Å². The highest BCUT2D eigenvalue weighted by atomic mass is 19.2. The molecule has 1 unspecified atom stereocenters. The van der Waals surface area contributed by atoms with Crippen molar-refractivity contribution >= 4 is 11.4 Å². The Balaban J connectivity index is 0.00000100. The van der Waals surface area contributed by atoms with Crippen molar-refractivity contribution in [3.63, 3.8) is 0 Å². The molecule has 3 nitrogen and oxygen atoms in total. The SMILES string of the molecule is CC.CC1(C)CC(C)(c2ccc(N(N)F)cc2)c2cc(N)ccc21. The summed E-state index contributed by atoms with van der Waals surface area (Å²) in [6, 6.07) is 13.5. The van der Waals surface area contributed by atoms with E-state index in [0.29, 0.717) is 5.69 Å². The average molecular weight is 329 g/mol. The van der Waals surface area contributed by atoms with Gasteiger partial charge in [0.25, 0.3) is 0 Å². The molecular formula is C20H28FN3. The highest BCUT2D eigenvalue weighted by Crippen LogP contribution is 2.53. The molecule has 130 valence electrons. The first-order valence-corrected chi connectivity index (χ1v) is 8.46. The van der Waals surface area contributed by atoms with E-state index in [1.165, 1.54) is 11.1 Å². The van der Waals surface area contributed by atoms with Crippen LogP contribution in [0.25, 0.3) is 0 Å². The number of halogens is 1. The molecule has 1 atom stereocenters. The van der Waals surface area contributed by atoms with Crippen LogP contribution in [0.5, 0.6) is 0 Å². The van der Waals surface area contributed by atoms with E-state index in [0.717, 1.165) is 17.7 Å². The molecule has 2 aromatic carbocycles. The minimum absolute atomic E-state index is 0.0798. The number of hydrogen-bond acceptors (Lipinski definition) is 3. The van der Waals surface area contributed by atoms with Crippen LogP contribution in [-0.4, -0.2) is 0 Å². The number of rotatable bonds is 2. The second-order valence-corrected chi connectivity index (χ2v) is 7.06. The Bertz CT molecular complexity index is 707. The maximum Gasteiger partial charge on any atom is 0.0872 e. The third kappa shape index (κ3) is 2.98. The maximum atomic E-state index is 13.0. The van der Waals surface area contributed by atoms with Crippen molar-refractivity contribution < 1.29 is 4.48 Å². The summed E-state index contributed by atoms with van der Waals surface area (Å²) in [4.78, 5) is 0. The first-order chi connectivity index (χ1) is 11.2. The van der Waals surface area contributed by atoms with E-state index < -0.39 is 0 Å². The molecule has 0 amide bonds. The number of nitrogens with zero attached hydrogens (tertiary/aromatic N) is 1. The fraction of sp³-hybridized carbons (Fsp3) is 0.400. The number of anilines is 2. The lowest BCUT2D eigenvalue weighted by atomic mass is 9.75. The Kier molecular flexibility index (Phi) is 4.90. The summed E-state index contributed by atoms with van der Waals surface area (Å²) in [5.74, 6) is 5.14. The molecule has 0 bridgehead atoms. The number of hydrogen-bond donors (Lipinski definition) is 2. The van der Waals surface area contributed by atoms with Gasteiger partial charge in [-0.05, 0) is 52.8 Å². The predicted molar refractivity (Wildman–Crippen MR) is 101 cm³/mol. The van der Waals surface area contributed by atoms with Crippen molar-refractivity contribution in [2.75, 3.05) is 11.0 Å². The maximum absolute atomic E-state index is 13.0. The zero-order chi connectivity index (χ0) is 18.1. The van der Waals surface area contributed by atoms with E-state index in [2.05, 4.69) is 32.9 Å². The normalized spacial score (nSPS) is 20.8. The van der Waals surface area contributed by atoms with Crippen LogP contribution in [0.15, 0.2) is 42.5 Å². The van der Waals surface area contributed by atoms with Crippen molar-refractivity contribution in [1.82, 2.24) is 0 Å². The molecular weight excluding hydrogens is 301 g/mol. The third-order valence-corrected chi connectivity index (χ3v) is 4.91. The molecule has 0 aromatic heterocycles. The molecule has 0 heterocycles. The predicted octanol–water partition coefficient (Wildman–Crippen LogP) is 4.85. The van der Waals surface area contributed by atoms with Gasteiger partial charge >= 0.3 is 0 Å². The average Bonchev–Trinajstić information content (AvgIpc) is 2.76. The number of benzene rings is 2. The van der Waals surface area contributed by atoms with Gasteiger partial charge in [0.15, 0.2) is 0 Å². The number of nitrogens with two attached hydrogens (primary N) is 2. The van der Waals surface area contributed by atoms with Crippen molar-refractivity contribution in [3.8, 4) is 0 Å². The quantitative estimate of drug-likeness (QED) is 0.358. The highest BCUT2D eigenvalue weighted by molar-refractivity contribution is 5.58. The molecule has 1 aliphatic rings. The van der Waals surface area contributed by atoms with Crippen molar-refractivity contribution in [1.29, 1.82) is 0 Å². The van der Waals surface area contributed by atoms with Gasteiger partial charge in [-0.25, -0.2) is 5.84 Å². The fourth-order valence-corrected chi connectivity index (χ4v) is 3.91. The Labute approximate surface area is 144 Å². The first-order valence-electron chi connectivity index (χ1n) is 8.46. The lowest BCUT2D eigenvalue weighted by Crippen LogP contribution is -2.24. The molecule has 0 fully saturated rings. The van der Waals surface area contributed by atoms with Gasteiger partial charge in [0.05, 0.1) is 5.69 Å². The van der Waals surface area contributed by atoms with Crippen LogP contribution >= 0.6 is 0 Å². The minimum Gasteiger partial charge on any atom is -0.399 e. The van der Waals surface area contributed by atoms with E-state index >= 15 is 0 Å². The van der Waals surface area contributed by atoms with Crippen LogP contribution in [0.2, 0.25) is 0 Å². The fourth-order valence-electron chi connectivity index (χ4n) is 3.91. The third-order valence-electron chi connectivity index (χ3n) is 4.91. The van der Waals surface area contributed by atoms with Gasteiger partial charge in [-0.15, -0.1) is 5.23 Å². The van der Waals surface area contributed by atoms with Gasteiger partial charge in [-0.2, -0.15) is 0 Å². The standard InChI is InChI=1S/C18H22FN3.C2H6/c1-17(2)11-18(3,16-10-13(20)6-9-15(16)17)12-4-7-14(8-5-12)22(19)21;1-2/h4-10H,11,20-21H2,1-3H3;1-2H3. The monoisotopic (exact) mass is 329 g/mol. The van der Waals surface area contributed by atoms with Crippen molar-refractivity contribution in [2.24, 2.45) is 5.84 Å². The molecule has 0 spiro atoms. The summed E-state index contributed by atoms with van der Waals surface area (Å²) in [6.45, 7) is 10.7. The molecule has 0 aliphatic heterocycles. The second-order valence-electron chi connectivity index (χ2n) is 7.06. The largest absolute Gasteiger partial charge is 0.399 e. The van der Waals surface area contributed by atoms with E-state index in [1.54, 1.807) is 12.1 Å². The molecule has 0 saturated heterocycles. The molecule has 1 aliphatic carbocycles. The molecule has 4 N–H and O–H groups in total. The van der Waals surface area contributed by atoms with Gasteiger partial charge in [0, 0.05) is 11.1 Å². The van der Waals surface area contributed by atoms with E-state index in [4.69, 9.17) is 11.6 Å². The lowest BCUT2D eigenvalue weighted by molar-refractivity contribution is 0.424. The van der Waals surface area contributed by atoms with Gasteiger partial charge < -0.3 is 5.73 Å². The summed E-state index contributed by atoms with van der Waals surface area (Å²) in [5.41, 5.74) is 10.8. The van der Waals surface area contributed by atoms with Crippen LogP contribution in [0.4, 0.5) is 15.9 Å². The minimum atomic E-state index is -0.136. The zero-order valence-corrected chi connectivity index (χ0v) is 15.2. The smallest absolute Gasteiger partial charge is 0.0872 e. The van der Waals surface area contributed by atoms with Crippen molar-refractivity contribution in [3.05, 3.63) is 59.2 Å². The van der Waals surface area contributed by atoms with E-state index in [-0.39, 0.29) is 16.1 Å². The second kappa shape index (κ2) is 6.44. The number of hydrazine groups is 1. The summed E-state index contributed by atoms with van der Waals surface area (Å²) < 4.78 is 13.0. The van der Waals surface area contributed by atoms with Crippen LogP contribution in [0.1, 0.15) is 57.7 Å².